The van der Waals surface area contributed by atoms with Gasteiger partial charge in [-0.1, -0.05) is 34.1 Å². The number of nitrogens with one attached hydrogen (secondary N) is 2. The monoisotopic (exact) mass is 351 g/mol. The zero-order chi connectivity index (χ0) is 15.4. The molecule has 1 heterocycles. The van der Waals surface area contributed by atoms with E-state index in [2.05, 4.69) is 36.5 Å². The molecule has 0 radical (unpaired) electrons. The molecule has 0 aliphatic rings. The van der Waals surface area contributed by atoms with Crippen molar-refractivity contribution >= 4 is 33.4 Å². The topological polar surface area (TPSA) is 93.0 Å². The molecule has 8 heteroatoms. The van der Waals surface area contributed by atoms with Crippen molar-refractivity contribution < 1.29 is 4.92 Å². The van der Waals surface area contributed by atoms with Gasteiger partial charge in [-0.25, -0.2) is 4.98 Å². The highest BCUT2D eigenvalue weighted by Gasteiger charge is 2.21. The minimum Gasteiger partial charge on any atom is -0.360 e. The molecule has 0 spiro atoms. The van der Waals surface area contributed by atoms with Gasteiger partial charge in [-0.05, 0) is 18.6 Å². The number of nitrogens with zero attached hydrogens (tertiary/aromatic N) is 3. The van der Waals surface area contributed by atoms with E-state index >= 15 is 0 Å². The zero-order valence-electron chi connectivity index (χ0n) is 11.6. The van der Waals surface area contributed by atoms with E-state index < -0.39 is 4.92 Å². The van der Waals surface area contributed by atoms with Crippen molar-refractivity contribution in [2.24, 2.45) is 0 Å². The van der Waals surface area contributed by atoms with E-state index in [4.69, 9.17) is 0 Å². The lowest BCUT2D eigenvalue weighted by Gasteiger charge is -2.10. The molecule has 7 nitrogen and oxygen atoms in total. The third-order valence-corrected chi connectivity index (χ3v) is 3.64. The van der Waals surface area contributed by atoms with E-state index in [1.807, 2.05) is 24.3 Å². The van der Waals surface area contributed by atoms with Crippen LogP contribution in [0.3, 0.4) is 0 Å². The largest absolute Gasteiger partial charge is 0.360 e. The SMILES string of the molecule is CNc1nc(C)c([N+](=O)[O-])c(NCc2ccccc2Br)n1. The van der Waals surface area contributed by atoms with Crippen molar-refractivity contribution in [3.63, 3.8) is 0 Å². The van der Waals surface area contributed by atoms with Crippen molar-refractivity contribution in [1.29, 1.82) is 0 Å². The predicted octanol–water partition coefficient (Wildman–Crippen LogP) is 3.11. The molecule has 1 aromatic carbocycles. The first-order valence-electron chi connectivity index (χ1n) is 6.21. The van der Waals surface area contributed by atoms with Gasteiger partial charge in [0, 0.05) is 18.1 Å². The van der Waals surface area contributed by atoms with Crippen molar-refractivity contribution in [2.45, 2.75) is 13.5 Å². The Morgan fingerprint density at radius 2 is 2.05 bits per heavy atom. The van der Waals surface area contributed by atoms with Crippen LogP contribution < -0.4 is 10.6 Å². The normalized spacial score (nSPS) is 10.2. The van der Waals surface area contributed by atoms with Gasteiger partial charge in [-0.2, -0.15) is 4.98 Å². The van der Waals surface area contributed by atoms with Crippen molar-refractivity contribution in [1.82, 2.24) is 9.97 Å². The molecule has 0 unspecified atom stereocenters. The van der Waals surface area contributed by atoms with E-state index in [9.17, 15) is 10.1 Å². The van der Waals surface area contributed by atoms with E-state index in [0.29, 0.717) is 18.2 Å². The number of nitro groups is 1. The molecule has 0 saturated heterocycles. The first-order valence-corrected chi connectivity index (χ1v) is 7.00. The van der Waals surface area contributed by atoms with Gasteiger partial charge in [-0.15, -0.1) is 0 Å². The first kappa shape index (κ1) is 15.2. The fourth-order valence-corrected chi connectivity index (χ4v) is 2.27. The summed E-state index contributed by atoms with van der Waals surface area (Å²) in [6.07, 6.45) is 0. The Bertz CT molecular complexity index is 678. The van der Waals surface area contributed by atoms with Gasteiger partial charge >= 0.3 is 5.69 Å². The standard InChI is InChI=1S/C13H14BrN5O2/c1-8-11(19(20)21)12(18-13(15-2)17-8)16-7-9-5-3-4-6-10(9)14/h3-6H,7H2,1-2H3,(H2,15,16,17,18). The van der Waals surface area contributed by atoms with Crippen LogP contribution in [0.5, 0.6) is 0 Å². The number of benzene rings is 1. The average molecular weight is 352 g/mol. The summed E-state index contributed by atoms with van der Waals surface area (Å²) in [7, 11) is 1.66. The van der Waals surface area contributed by atoms with Crippen molar-refractivity contribution in [3.05, 3.63) is 50.1 Å². The minimum absolute atomic E-state index is 0.110. The Morgan fingerprint density at radius 1 is 1.33 bits per heavy atom. The Labute approximate surface area is 130 Å². The molecule has 110 valence electrons. The number of aryl methyl sites for hydroxylation is 1. The average Bonchev–Trinajstić information content (AvgIpc) is 2.45. The number of aromatic nitrogens is 2. The molecule has 2 aromatic rings. The Kier molecular flexibility index (Phi) is 4.69. The third kappa shape index (κ3) is 3.46. The van der Waals surface area contributed by atoms with Crippen molar-refractivity contribution in [3.8, 4) is 0 Å². The third-order valence-electron chi connectivity index (χ3n) is 2.87. The van der Waals surface area contributed by atoms with E-state index in [1.165, 1.54) is 0 Å². The highest BCUT2D eigenvalue weighted by atomic mass is 79.9. The molecule has 1 aromatic heterocycles. The highest BCUT2D eigenvalue weighted by molar-refractivity contribution is 9.10. The molecule has 0 bridgehead atoms. The van der Waals surface area contributed by atoms with Gasteiger partial charge < -0.3 is 10.6 Å². The molecule has 0 aliphatic carbocycles. The van der Waals surface area contributed by atoms with Crippen LogP contribution in [0.25, 0.3) is 0 Å². The first-order chi connectivity index (χ1) is 10.0. The van der Waals surface area contributed by atoms with Crippen LogP contribution in [-0.2, 0) is 6.54 Å². The summed E-state index contributed by atoms with van der Waals surface area (Å²) < 4.78 is 0.930. The molecule has 21 heavy (non-hydrogen) atoms. The summed E-state index contributed by atoms with van der Waals surface area (Å²) in [5.41, 5.74) is 1.18. The molecule has 0 aliphatic heterocycles. The molecule has 0 atom stereocenters. The van der Waals surface area contributed by atoms with Gasteiger partial charge in [0.2, 0.25) is 11.8 Å². The number of rotatable bonds is 5. The maximum absolute atomic E-state index is 11.2. The van der Waals surface area contributed by atoms with Crippen molar-refractivity contribution in [2.75, 3.05) is 17.7 Å². The van der Waals surface area contributed by atoms with Crippen LogP contribution in [0.1, 0.15) is 11.3 Å². The van der Waals surface area contributed by atoms with Gasteiger partial charge in [0.25, 0.3) is 0 Å². The lowest BCUT2D eigenvalue weighted by molar-refractivity contribution is -0.385. The van der Waals surface area contributed by atoms with E-state index in [1.54, 1.807) is 14.0 Å². The maximum Gasteiger partial charge on any atom is 0.332 e. The second-order valence-corrected chi connectivity index (χ2v) is 5.14. The summed E-state index contributed by atoms with van der Waals surface area (Å²) in [5, 5.41) is 17.0. The van der Waals surface area contributed by atoms with Crippen LogP contribution in [-0.4, -0.2) is 21.9 Å². The summed E-state index contributed by atoms with van der Waals surface area (Å²) in [5.74, 6) is 0.542. The lowest BCUT2D eigenvalue weighted by atomic mass is 10.2. The smallest absolute Gasteiger partial charge is 0.332 e. The summed E-state index contributed by atoms with van der Waals surface area (Å²) in [6, 6.07) is 7.65. The van der Waals surface area contributed by atoms with Gasteiger partial charge in [0.15, 0.2) is 0 Å². The number of halogens is 1. The molecule has 0 fully saturated rings. The Morgan fingerprint density at radius 3 is 2.67 bits per heavy atom. The van der Waals surface area contributed by atoms with Crippen LogP contribution >= 0.6 is 15.9 Å². The Balaban J connectivity index is 2.32. The van der Waals surface area contributed by atoms with Gasteiger partial charge in [0.1, 0.15) is 5.69 Å². The summed E-state index contributed by atoms with van der Waals surface area (Å²) >= 11 is 3.44. The van der Waals surface area contributed by atoms with E-state index in [0.717, 1.165) is 10.0 Å². The number of anilines is 2. The zero-order valence-corrected chi connectivity index (χ0v) is 13.1. The molecule has 2 N–H and O–H groups in total. The van der Waals surface area contributed by atoms with Gasteiger partial charge in [-0.3, -0.25) is 10.1 Å². The second kappa shape index (κ2) is 6.49. The fourth-order valence-electron chi connectivity index (χ4n) is 1.84. The maximum atomic E-state index is 11.2. The molecular formula is C13H14BrN5O2. The molecular weight excluding hydrogens is 338 g/mol. The molecule has 2 rings (SSSR count). The highest BCUT2D eigenvalue weighted by Crippen LogP contribution is 2.27. The van der Waals surface area contributed by atoms with Crippen LogP contribution in [0.4, 0.5) is 17.5 Å². The van der Waals surface area contributed by atoms with Crippen LogP contribution in [0.2, 0.25) is 0 Å². The quantitative estimate of drug-likeness (QED) is 0.634. The molecule has 0 amide bonds. The summed E-state index contributed by atoms with van der Waals surface area (Å²) in [6.45, 7) is 2.01. The van der Waals surface area contributed by atoms with Crippen LogP contribution in [0.15, 0.2) is 28.7 Å². The lowest BCUT2D eigenvalue weighted by Crippen LogP contribution is -2.10. The minimum atomic E-state index is -0.475. The predicted molar refractivity (Wildman–Crippen MR) is 84.4 cm³/mol. The summed E-state index contributed by atoms with van der Waals surface area (Å²) in [4.78, 5) is 18.9. The van der Waals surface area contributed by atoms with Gasteiger partial charge in [0.05, 0.1) is 4.92 Å². The number of hydrogen-bond acceptors (Lipinski definition) is 6. The molecule has 0 saturated carbocycles. The van der Waals surface area contributed by atoms with Crippen LogP contribution in [0, 0.1) is 17.0 Å². The fraction of sp³-hybridized carbons (Fsp3) is 0.231. The number of hydrogen-bond donors (Lipinski definition) is 2. The second-order valence-electron chi connectivity index (χ2n) is 4.28. The Hall–Kier alpha value is -2.22. The van der Waals surface area contributed by atoms with E-state index in [-0.39, 0.29) is 11.5 Å².